The number of sulfonamides is 1. The van der Waals surface area contributed by atoms with Crippen LogP contribution in [0.1, 0.15) is 10.0 Å². The summed E-state index contributed by atoms with van der Waals surface area (Å²) in [6, 6.07) is 4.54. The van der Waals surface area contributed by atoms with Gasteiger partial charge in [-0.3, -0.25) is 0 Å². The number of rotatable bonds is 4. The molecule has 0 bridgehead atoms. The second-order valence-corrected chi connectivity index (χ2v) is 7.38. The van der Waals surface area contributed by atoms with Crippen LogP contribution in [0.4, 0.5) is 0 Å². The van der Waals surface area contributed by atoms with Crippen LogP contribution in [-0.2, 0) is 16.6 Å². The molecule has 1 aliphatic heterocycles. The third kappa shape index (κ3) is 3.14. The van der Waals surface area contributed by atoms with Crippen molar-refractivity contribution in [3.63, 3.8) is 0 Å². The van der Waals surface area contributed by atoms with Crippen LogP contribution in [0.25, 0.3) is 0 Å². The van der Waals surface area contributed by atoms with Gasteiger partial charge in [-0.15, -0.1) is 21.5 Å². The topological polar surface area (TPSA) is 90.4 Å². The van der Waals surface area contributed by atoms with Gasteiger partial charge < -0.3 is 9.47 Å². The second-order valence-electron chi connectivity index (χ2n) is 4.34. The minimum atomic E-state index is -3.63. The first kappa shape index (κ1) is 14.2. The summed E-state index contributed by atoms with van der Waals surface area (Å²) >= 11 is 1.35. The van der Waals surface area contributed by atoms with E-state index in [1.165, 1.54) is 23.5 Å². The molecule has 1 aromatic heterocycles. The molecule has 112 valence electrons. The molecule has 0 aliphatic carbocycles. The predicted octanol–water partition coefficient (Wildman–Crippen LogP) is 1.10. The summed E-state index contributed by atoms with van der Waals surface area (Å²) in [5, 5.41) is 9.14. The van der Waals surface area contributed by atoms with Crippen LogP contribution in [0.3, 0.4) is 0 Å². The molecule has 9 heteroatoms. The molecule has 1 aliphatic rings. The number of benzene rings is 1. The van der Waals surface area contributed by atoms with E-state index in [4.69, 9.17) is 9.47 Å². The molecule has 2 heterocycles. The normalized spacial score (nSPS) is 14.1. The van der Waals surface area contributed by atoms with Crippen molar-refractivity contribution in [2.75, 3.05) is 13.2 Å². The lowest BCUT2D eigenvalue weighted by molar-refractivity contribution is 0.171. The zero-order valence-electron chi connectivity index (χ0n) is 11.2. The molecule has 0 saturated heterocycles. The average Bonchev–Trinajstić information content (AvgIpc) is 2.90. The fourth-order valence-electron chi connectivity index (χ4n) is 1.84. The maximum Gasteiger partial charge on any atom is 0.241 e. The lowest BCUT2D eigenvalue weighted by Gasteiger charge is -2.18. The van der Waals surface area contributed by atoms with Crippen LogP contribution in [0.2, 0.25) is 0 Å². The van der Waals surface area contributed by atoms with Crippen LogP contribution in [0.5, 0.6) is 11.5 Å². The molecule has 0 amide bonds. The fourth-order valence-corrected chi connectivity index (χ4v) is 3.58. The Kier molecular flexibility index (Phi) is 3.79. The number of hydrogen-bond donors (Lipinski definition) is 1. The van der Waals surface area contributed by atoms with Crippen LogP contribution in [0, 0.1) is 6.92 Å². The van der Waals surface area contributed by atoms with Crippen molar-refractivity contribution in [3.05, 3.63) is 28.2 Å². The van der Waals surface area contributed by atoms with Crippen LogP contribution in [-0.4, -0.2) is 31.8 Å². The first-order valence-corrected chi connectivity index (χ1v) is 8.53. The van der Waals surface area contributed by atoms with Crippen molar-refractivity contribution in [3.8, 4) is 11.5 Å². The van der Waals surface area contributed by atoms with Gasteiger partial charge in [-0.2, -0.15) is 0 Å². The monoisotopic (exact) mass is 327 g/mol. The van der Waals surface area contributed by atoms with E-state index in [1.54, 1.807) is 6.07 Å². The first-order chi connectivity index (χ1) is 10.0. The minimum Gasteiger partial charge on any atom is -0.486 e. The summed E-state index contributed by atoms with van der Waals surface area (Å²) < 4.78 is 37.7. The van der Waals surface area contributed by atoms with Gasteiger partial charge in [-0.1, -0.05) is 0 Å². The number of aromatic nitrogens is 2. The zero-order valence-corrected chi connectivity index (χ0v) is 12.8. The molecular formula is C12H13N3O4S2. The molecule has 0 fully saturated rings. The van der Waals surface area contributed by atoms with Gasteiger partial charge in [0.05, 0.1) is 11.4 Å². The average molecular weight is 327 g/mol. The maximum atomic E-state index is 12.2. The highest BCUT2D eigenvalue weighted by Crippen LogP contribution is 2.32. The van der Waals surface area contributed by atoms with Gasteiger partial charge >= 0.3 is 0 Å². The number of hydrogen-bond acceptors (Lipinski definition) is 7. The van der Waals surface area contributed by atoms with E-state index in [1.807, 2.05) is 6.92 Å². The van der Waals surface area contributed by atoms with Gasteiger partial charge in [-0.05, 0) is 19.1 Å². The van der Waals surface area contributed by atoms with E-state index < -0.39 is 10.0 Å². The van der Waals surface area contributed by atoms with E-state index in [2.05, 4.69) is 14.9 Å². The number of aryl methyl sites for hydroxylation is 1. The quantitative estimate of drug-likeness (QED) is 0.904. The van der Waals surface area contributed by atoms with E-state index in [9.17, 15) is 8.42 Å². The van der Waals surface area contributed by atoms with Gasteiger partial charge in [0.25, 0.3) is 0 Å². The Morgan fingerprint density at radius 2 is 2.00 bits per heavy atom. The van der Waals surface area contributed by atoms with Gasteiger partial charge in [0.1, 0.15) is 23.2 Å². The molecular weight excluding hydrogens is 314 g/mol. The summed E-state index contributed by atoms with van der Waals surface area (Å²) in [4.78, 5) is 0.132. The minimum absolute atomic E-state index is 0.113. The van der Waals surface area contributed by atoms with Gasteiger partial charge in [0, 0.05) is 6.07 Å². The van der Waals surface area contributed by atoms with Crippen LogP contribution >= 0.6 is 11.3 Å². The molecule has 21 heavy (non-hydrogen) atoms. The summed E-state index contributed by atoms with van der Waals surface area (Å²) in [7, 11) is -3.63. The predicted molar refractivity (Wildman–Crippen MR) is 76.1 cm³/mol. The van der Waals surface area contributed by atoms with Crippen molar-refractivity contribution in [1.29, 1.82) is 0 Å². The summed E-state index contributed by atoms with van der Waals surface area (Å²) in [6.45, 7) is 2.81. The highest BCUT2D eigenvalue weighted by Gasteiger charge is 2.19. The molecule has 1 aromatic carbocycles. The summed E-state index contributed by atoms with van der Waals surface area (Å²) in [5.74, 6) is 0.996. The largest absolute Gasteiger partial charge is 0.486 e. The molecule has 0 spiro atoms. The second kappa shape index (κ2) is 5.58. The standard InChI is InChI=1S/C12H13N3O4S2/c1-8-14-15-12(20-8)7-13-21(16,17)9-2-3-10-11(6-9)19-5-4-18-10/h2-3,6,13H,4-5,7H2,1H3. The van der Waals surface area contributed by atoms with Crippen molar-refractivity contribution in [2.24, 2.45) is 0 Å². The third-order valence-corrected chi connectivity index (χ3v) is 5.04. The van der Waals surface area contributed by atoms with Gasteiger partial charge in [-0.25, -0.2) is 13.1 Å². The maximum absolute atomic E-state index is 12.2. The zero-order chi connectivity index (χ0) is 14.9. The summed E-state index contributed by atoms with van der Waals surface area (Å²) in [6.07, 6.45) is 0. The molecule has 2 aromatic rings. The Balaban J connectivity index is 1.78. The van der Waals surface area contributed by atoms with Gasteiger partial charge in [0.15, 0.2) is 11.5 Å². The third-order valence-electron chi connectivity index (χ3n) is 2.81. The summed E-state index contributed by atoms with van der Waals surface area (Å²) in [5.41, 5.74) is 0. The number of fused-ring (bicyclic) bond motifs is 1. The van der Waals surface area contributed by atoms with E-state index in [0.717, 1.165) is 5.01 Å². The Morgan fingerprint density at radius 3 is 2.71 bits per heavy atom. The molecule has 7 nitrogen and oxygen atoms in total. The Hall–Kier alpha value is -1.71. The van der Waals surface area contributed by atoms with Crippen molar-refractivity contribution in [2.45, 2.75) is 18.4 Å². The SMILES string of the molecule is Cc1nnc(CNS(=O)(=O)c2ccc3c(c2)OCCO3)s1. The van der Waals surface area contributed by atoms with Crippen molar-refractivity contribution >= 4 is 21.4 Å². The lowest BCUT2D eigenvalue weighted by atomic mass is 10.3. The molecule has 0 unspecified atom stereocenters. The highest BCUT2D eigenvalue weighted by atomic mass is 32.2. The first-order valence-electron chi connectivity index (χ1n) is 6.23. The van der Waals surface area contributed by atoms with Crippen molar-refractivity contribution < 1.29 is 17.9 Å². The molecule has 1 N–H and O–H groups in total. The van der Waals surface area contributed by atoms with Gasteiger partial charge in [0.2, 0.25) is 10.0 Å². The van der Waals surface area contributed by atoms with E-state index in [0.29, 0.717) is 29.7 Å². The molecule has 0 atom stereocenters. The Morgan fingerprint density at radius 1 is 1.24 bits per heavy atom. The molecule has 3 rings (SSSR count). The highest BCUT2D eigenvalue weighted by molar-refractivity contribution is 7.89. The fraction of sp³-hybridized carbons (Fsp3) is 0.333. The van der Waals surface area contributed by atoms with E-state index in [-0.39, 0.29) is 11.4 Å². The molecule has 0 saturated carbocycles. The lowest BCUT2D eigenvalue weighted by Crippen LogP contribution is -2.23. The Labute approximate surface area is 126 Å². The van der Waals surface area contributed by atoms with Crippen molar-refractivity contribution in [1.82, 2.24) is 14.9 Å². The number of nitrogens with one attached hydrogen (secondary N) is 1. The Bertz CT molecular complexity index is 758. The molecule has 0 radical (unpaired) electrons. The smallest absolute Gasteiger partial charge is 0.241 e. The number of nitrogens with zero attached hydrogens (tertiary/aromatic N) is 2. The van der Waals surface area contributed by atoms with E-state index >= 15 is 0 Å². The van der Waals surface area contributed by atoms with Crippen LogP contribution in [0.15, 0.2) is 23.1 Å². The number of ether oxygens (including phenoxy) is 2. The van der Waals surface area contributed by atoms with Crippen LogP contribution < -0.4 is 14.2 Å².